The van der Waals surface area contributed by atoms with Crippen molar-refractivity contribution >= 4 is 17.8 Å². The van der Waals surface area contributed by atoms with Gasteiger partial charge >= 0.3 is 11.9 Å². The van der Waals surface area contributed by atoms with Crippen LogP contribution in [0.2, 0.25) is 0 Å². The number of hydrogen-bond acceptors (Lipinski definition) is 7. The fourth-order valence-electron chi connectivity index (χ4n) is 5.79. The Hall–Kier alpha value is -2.71. The number of nitrogens with zero attached hydrogens (tertiary/aromatic N) is 2. The van der Waals surface area contributed by atoms with Gasteiger partial charge in [-0.15, -0.1) is 0 Å². The molecule has 1 N–H and O–H groups in total. The Morgan fingerprint density at radius 2 is 0.887 bits per heavy atom. The van der Waals surface area contributed by atoms with Crippen LogP contribution in [0.15, 0.2) is 48.6 Å². The van der Waals surface area contributed by atoms with Crippen molar-refractivity contribution in [2.45, 2.75) is 168 Å². The molecule has 0 saturated heterocycles. The van der Waals surface area contributed by atoms with E-state index in [1.54, 1.807) is 16.8 Å². The Morgan fingerprint density at radius 3 is 1.28 bits per heavy atom. The number of aliphatic hydroxyl groups is 1. The second kappa shape index (κ2) is 40.5. The predicted octanol–water partition coefficient (Wildman–Crippen LogP) is 10.5. The smallest absolute Gasteiger partial charge is 0.305 e. The number of unbranched alkanes of at least 4 members (excludes halogenated alkanes) is 16. The average molecular weight is 745 g/mol. The maximum Gasteiger partial charge on any atom is 0.305 e. The number of hydrogen-bond donors (Lipinski definition) is 1. The Morgan fingerprint density at radius 1 is 0.509 bits per heavy atom. The molecule has 0 aromatic carbocycles. The molecule has 0 fully saturated rings. The molecule has 0 aliphatic rings. The first-order valence-corrected chi connectivity index (χ1v) is 21.4. The summed E-state index contributed by atoms with van der Waals surface area (Å²) in [5.41, 5.74) is 0. The summed E-state index contributed by atoms with van der Waals surface area (Å²) < 4.78 is 10.9. The number of likely N-dealkylation sites (N-methyl/N-ethyl adjacent to an activating group) is 1. The quantitative estimate of drug-likeness (QED) is 0.0382. The van der Waals surface area contributed by atoms with Crippen molar-refractivity contribution in [1.82, 2.24) is 9.80 Å². The minimum atomic E-state index is -0.246. The predicted molar refractivity (Wildman–Crippen MR) is 222 cm³/mol. The maximum atomic E-state index is 12.9. The lowest BCUT2D eigenvalue weighted by molar-refractivity contribution is -0.148. The lowest BCUT2D eigenvalue weighted by Crippen LogP contribution is -2.43. The normalized spacial score (nSPS) is 11.9. The zero-order chi connectivity index (χ0) is 38.9. The van der Waals surface area contributed by atoms with Crippen LogP contribution in [0, 0.1) is 0 Å². The first kappa shape index (κ1) is 50.3. The average Bonchev–Trinajstić information content (AvgIpc) is 3.14. The van der Waals surface area contributed by atoms with Crippen LogP contribution in [0.3, 0.4) is 0 Å². The molecule has 0 spiro atoms. The van der Waals surface area contributed by atoms with E-state index in [2.05, 4.69) is 62.5 Å². The molecular weight excluding hydrogens is 665 g/mol. The number of ether oxygens (including phenoxy) is 2. The summed E-state index contributed by atoms with van der Waals surface area (Å²) >= 11 is 0. The zero-order valence-electron chi connectivity index (χ0n) is 34.4. The number of amides is 1. The van der Waals surface area contributed by atoms with Crippen LogP contribution in [-0.2, 0) is 23.9 Å². The topological polar surface area (TPSA) is 96.4 Å². The van der Waals surface area contributed by atoms with Crippen LogP contribution in [0.4, 0.5) is 0 Å². The van der Waals surface area contributed by atoms with E-state index in [9.17, 15) is 19.5 Å². The molecule has 0 aromatic rings. The summed E-state index contributed by atoms with van der Waals surface area (Å²) in [6.45, 7) is 5.62. The highest BCUT2D eigenvalue weighted by Crippen LogP contribution is 2.10. The maximum absolute atomic E-state index is 12.9. The van der Waals surface area contributed by atoms with E-state index >= 15 is 0 Å². The third-order valence-electron chi connectivity index (χ3n) is 9.15. The molecule has 0 atom stereocenters. The van der Waals surface area contributed by atoms with Gasteiger partial charge in [-0.2, -0.15) is 0 Å². The molecule has 53 heavy (non-hydrogen) atoms. The molecule has 0 aliphatic heterocycles. The second-order valence-electron chi connectivity index (χ2n) is 14.2. The van der Waals surface area contributed by atoms with Crippen molar-refractivity contribution in [3.05, 3.63) is 48.6 Å². The molecule has 0 aliphatic carbocycles. The van der Waals surface area contributed by atoms with Crippen molar-refractivity contribution in [2.24, 2.45) is 0 Å². The Bertz CT molecular complexity index is 912. The SMILES string of the molecule is CCCCC/C=C\C/C=C\CCCCCCCC(=O)OCCN(CCOC(=O)CCCCCCC/C=C\C/C=C\CCCCC)C(=O)CN(C)CCO. The van der Waals surface area contributed by atoms with Gasteiger partial charge in [-0.3, -0.25) is 19.3 Å². The van der Waals surface area contributed by atoms with E-state index in [4.69, 9.17) is 9.47 Å². The van der Waals surface area contributed by atoms with Crippen LogP contribution < -0.4 is 0 Å². The minimum Gasteiger partial charge on any atom is -0.464 e. The molecule has 0 saturated carbocycles. The molecule has 0 heterocycles. The molecule has 0 bridgehead atoms. The van der Waals surface area contributed by atoms with Crippen molar-refractivity contribution in [3.8, 4) is 0 Å². The molecule has 0 unspecified atom stereocenters. The van der Waals surface area contributed by atoms with E-state index < -0.39 is 0 Å². The van der Waals surface area contributed by atoms with Crippen molar-refractivity contribution in [3.63, 3.8) is 0 Å². The van der Waals surface area contributed by atoms with E-state index in [-0.39, 0.29) is 57.3 Å². The molecule has 0 aromatic heterocycles. The second-order valence-corrected chi connectivity index (χ2v) is 14.2. The van der Waals surface area contributed by atoms with Gasteiger partial charge < -0.3 is 19.5 Å². The van der Waals surface area contributed by atoms with E-state index in [0.717, 1.165) is 77.0 Å². The first-order chi connectivity index (χ1) is 25.9. The van der Waals surface area contributed by atoms with E-state index in [1.165, 1.54) is 64.2 Å². The third kappa shape index (κ3) is 37.4. The molecule has 8 nitrogen and oxygen atoms in total. The van der Waals surface area contributed by atoms with Gasteiger partial charge in [-0.05, 0) is 84.1 Å². The highest BCUT2D eigenvalue weighted by atomic mass is 16.5. The van der Waals surface area contributed by atoms with Gasteiger partial charge in [0.05, 0.1) is 26.2 Å². The lowest BCUT2D eigenvalue weighted by atomic mass is 10.1. The van der Waals surface area contributed by atoms with Crippen LogP contribution >= 0.6 is 0 Å². The van der Waals surface area contributed by atoms with Gasteiger partial charge in [0.25, 0.3) is 0 Å². The fourth-order valence-corrected chi connectivity index (χ4v) is 5.79. The minimum absolute atomic E-state index is 0.0403. The van der Waals surface area contributed by atoms with Gasteiger partial charge in [-0.1, -0.05) is 127 Å². The van der Waals surface area contributed by atoms with E-state index in [1.807, 2.05) is 0 Å². The van der Waals surface area contributed by atoms with Gasteiger partial charge in [0.15, 0.2) is 0 Å². The molecule has 8 heteroatoms. The molecular formula is C45H80N2O6. The number of aliphatic hydroxyl groups excluding tert-OH is 1. The number of rotatable bonds is 38. The monoisotopic (exact) mass is 745 g/mol. The summed E-state index contributed by atoms with van der Waals surface area (Å²) in [6.07, 6.45) is 43.8. The fraction of sp³-hybridized carbons (Fsp3) is 0.756. The number of carbonyl (C=O) groups is 3. The van der Waals surface area contributed by atoms with Crippen LogP contribution in [-0.4, -0.2) is 85.8 Å². The molecule has 306 valence electrons. The van der Waals surface area contributed by atoms with Crippen LogP contribution in [0.1, 0.15) is 168 Å². The number of carbonyl (C=O) groups excluding carboxylic acids is 3. The standard InChI is InChI=1S/C45H80N2O6/c1-4-6-8-10-12-14-16-18-20-22-24-26-28-30-32-34-44(50)52-40-37-47(43(49)42-46(3)36-39-48)38-41-53-45(51)35-33-31-29-27-25-23-21-19-17-15-13-11-9-7-5-2/h12-15,18-21,48H,4-11,16-17,22-42H2,1-3H3/b14-12-,15-13-,20-18-,21-19-. The number of allylic oxidation sites excluding steroid dienone is 8. The van der Waals surface area contributed by atoms with Gasteiger partial charge in [0.1, 0.15) is 13.2 Å². The van der Waals surface area contributed by atoms with E-state index in [0.29, 0.717) is 19.4 Å². The Balaban J connectivity index is 4.13. The third-order valence-corrected chi connectivity index (χ3v) is 9.15. The van der Waals surface area contributed by atoms with Crippen LogP contribution in [0.5, 0.6) is 0 Å². The van der Waals surface area contributed by atoms with Gasteiger partial charge in [-0.25, -0.2) is 0 Å². The Labute approximate surface area is 325 Å². The van der Waals surface area contributed by atoms with Gasteiger partial charge in [0.2, 0.25) is 5.91 Å². The van der Waals surface area contributed by atoms with Crippen molar-refractivity contribution in [2.75, 3.05) is 53.0 Å². The van der Waals surface area contributed by atoms with Crippen LogP contribution in [0.25, 0.3) is 0 Å². The summed E-state index contributed by atoms with van der Waals surface area (Å²) in [5, 5.41) is 9.21. The van der Waals surface area contributed by atoms with Gasteiger partial charge in [0, 0.05) is 19.4 Å². The summed E-state index contributed by atoms with van der Waals surface area (Å²) in [6, 6.07) is 0. The lowest BCUT2D eigenvalue weighted by Gasteiger charge is -2.25. The zero-order valence-corrected chi connectivity index (χ0v) is 34.4. The summed E-state index contributed by atoms with van der Waals surface area (Å²) in [4.78, 5) is 40.9. The highest BCUT2D eigenvalue weighted by molar-refractivity contribution is 5.78. The molecule has 0 radical (unpaired) electrons. The van der Waals surface area contributed by atoms with Crippen molar-refractivity contribution in [1.29, 1.82) is 0 Å². The number of esters is 2. The Kier molecular flexibility index (Phi) is 38.4. The highest BCUT2D eigenvalue weighted by Gasteiger charge is 2.17. The summed E-state index contributed by atoms with van der Waals surface area (Å²) in [5.74, 6) is -0.649. The summed E-state index contributed by atoms with van der Waals surface area (Å²) in [7, 11) is 1.77. The largest absolute Gasteiger partial charge is 0.464 e. The van der Waals surface area contributed by atoms with Crippen molar-refractivity contribution < 1.29 is 29.0 Å². The first-order valence-electron chi connectivity index (χ1n) is 21.4. The molecule has 1 amide bonds. The molecule has 0 rings (SSSR count).